The SMILES string of the molecule is COc1ccc(C(=O)N2CCOCC2C(N)=O)c(O)c1. The number of amides is 2. The highest BCUT2D eigenvalue weighted by Gasteiger charge is 2.32. The van der Waals surface area contributed by atoms with Crippen molar-refractivity contribution >= 4 is 11.8 Å². The molecule has 0 spiro atoms. The molecular formula is C13H16N2O5. The number of nitrogens with zero attached hydrogens (tertiary/aromatic N) is 1. The number of hydrogen-bond acceptors (Lipinski definition) is 5. The van der Waals surface area contributed by atoms with Crippen LogP contribution in [0.15, 0.2) is 18.2 Å². The third kappa shape index (κ3) is 2.67. The molecule has 0 aliphatic carbocycles. The van der Waals surface area contributed by atoms with Crippen molar-refractivity contribution in [2.45, 2.75) is 6.04 Å². The first-order valence-corrected chi connectivity index (χ1v) is 6.09. The largest absolute Gasteiger partial charge is 0.507 e. The first kappa shape index (κ1) is 14.1. The van der Waals surface area contributed by atoms with Gasteiger partial charge in [0.25, 0.3) is 5.91 Å². The number of phenolic OH excluding ortho intramolecular Hbond substituents is 1. The van der Waals surface area contributed by atoms with E-state index in [0.717, 1.165) is 0 Å². The Morgan fingerprint density at radius 1 is 1.50 bits per heavy atom. The van der Waals surface area contributed by atoms with Crippen molar-refractivity contribution in [3.8, 4) is 11.5 Å². The van der Waals surface area contributed by atoms with Gasteiger partial charge in [0.2, 0.25) is 5.91 Å². The Morgan fingerprint density at radius 3 is 2.85 bits per heavy atom. The molecule has 0 saturated carbocycles. The molecule has 7 nitrogen and oxygen atoms in total. The van der Waals surface area contributed by atoms with Gasteiger partial charge in [0, 0.05) is 12.6 Å². The summed E-state index contributed by atoms with van der Waals surface area (Å²) in [5.74, 6) is -0.861. The van der Waals surface area contributed by atoms with Crippen LogP contribution in [0.2, 0.25) is 0 Å². The molecule has 20 heavy (non-hydrogen) atoms. The standard InChI is InChI=1S/C13H16N2O5/c1-19-8-2-3-9(11(16)6-8)13(18)15-4-5-20-7-10(15)12(14)17/h2-3,6,10,16H,4-5,7H2,1H3,(H2,14,17). The number of hydrogen-bond donors (Lipinski definition) is 2. The average Bonchev–Trinajstić information content (AvgIpc) is 2.46. The normalized spacial score (nSPS) is 18.6. The number of rotatable bonds is 3. The summed E-state index contributed by atoms with van der Waals surface area (Å²) in [5.41, 5.74) is 5.36. The molecule has 1 saturated heterocycles. The number of benzene rings is 1. The molecule has 2 rings (SSSR count). The number of carbonyl (C=O) groups is 2. The first-order valence-electron chi connectivity index (χ1n) is 6.09. The summed E-state index contributed by atoms with van der Waals surface area (Å²) in [6, 6.07) is 3.53. The van der Waals surface area contributed by atoms with Crippen LogP contribution in [0.1, 0.15) is 10.4 Å². The summed E-state index contributed by atoms with van der Waals surface area (Å²) in [7, 11) is 1.46. The summed E-state index contributed by atoms with van der Waals surface area (Å²) in [4.78, 5) is 25.1. The van der Waals surface area contributed by atoms with Gasteiger partial charge in [0.15, 0.2) is 0 Å². The van der Waals surface area contributed by atoms with Gasteiger partial charge in [-0.3, -0.25) is 9.59 Å². The second-order valence-corrected chi connectivity index (χ2v) is 4.37. The molecule has 0 bridgehead atoms. The summed E-state index contributed by atoms with van der Waals surface area (Å²) < 4.78 is 10.1. The molecule has 108 valence electrons. The summed E-state index contributed by atoms with van der Waals surface area (Å²) >= 11 is 0. The molecule has 1 aromatic carbocycles. The Balaban J connectivity index is 2.27. The summed E-state index contributed by atoms with van der Waals surface area (Å²) in [5, 5.41) is 9.87. The second-order valence-electron chi connectivity index (χ2n) is 4.37. The van der Waals surface area contributed by atoms with Gasteiger partial charge in [0.1, 0.15) is 17.5 Å². The minimum Gasteiger partial charge on any atom is -0.507 e. The number of primary amides is 1. The molecule has 0 aromatic heterocycles. The van der Waals surface area contributed by atoms with Crippen molar-refractivity contribution in [3.05, 3.63) is 23.8 Å². The zero-order valence-corrected chi connectivity index (χ0v) is 11.0. The Morgan fingerprint density at radius 2 is 2.25 bits per heavy atom. The fourth-order valence-corrected chi connectivity index (χ4v) is 2.06. The number of nitrogens with two attached hydrogens (primary N) is 1. The van der Waals surface area contributed by atoms with Crippen molar-refractivity contribution in [1.29, 1.82) is 0 Å². The van der Waals surface area contributed by atoms with E-state index in [-0.39, 0.29) is 24.5 Å². The number of ether oxygens (including phenoxy) is 2. The zero-order valence-electron chi connectivity index (χ0n) is 11.0. The number of morpholine rings is 1. The number of phenols is 1. The van der Waals surface area contributed by atoms with Crippen LogP contribution < -0.4 is 10.5 Å². The van der Waals surface area contributed by atoms with Crippen LogP contribution in [-0.4, -0.2) is 54.7 Å². The van der Waals surface area contributed by atoms with E-state index in [9.17, 15) is 14.7 Å². The van der Waals surface area contributed by atoms with E-state index in [4.69, 9.17) is 15.2 Å². The van der Waals surface area contributed by atoms with Crippen LogP contribution in [0.4, 0.5) is 0 Å². The van der Waals surface area contributed by atoms with Gasteiger partial charge in [-0.25, -0.2) is 0 Å². The topological polar surface area (TPSA) is 102 Å². The monoisotopic (exact) mass is 280 g/mol. The smallest absolute Gasteiger partial charge is 0.258 e. The number of carbonyl (C=O) groups excluding carboxylic acids is 2. The Kier molecular flexibility index (Phi) is 4.09. The van der Waals surface area contributed by atoms with Crippen molar-refractivity contribution in [2.75, 3.05) is 26.9 Å². The molecule has 3 N–H and O–H groups in total. The fraction of sp³-hybridized carbons (Fsp3) is 0.385. The zero-order chi connectivity index (χ0) is 14.7. The lowest BCUT2D eigenvalue weighted by Gasteiger charge is -2.33. The highest BCUT2D eigenvalue weighted by Crippen LogP contribution is 2.25. The first-order chi connectivity index (χ1) is 9.54. The van der Waals surface area contributed by atoms with Crippen molar-refractivity contribution < 1.29 is 24.2 Å². The van der Waals surface area contributed by atoms with Gasteiger partial charge in [-0.1, -0.05) is 0 Å². The van der Waals surface area contributed by atoms with Crippen molar-refractivity contribution in [3.63, 3.8) is 0 Å². The molecule has 1 unspecified atom stereocenters. The maximum absolute atomic E-state index is 12.4. The van der Waals surface area contributed by atoms with Gasteiger partial charge in [0.05, 0.1) is 25.9 Å². The van der Waals surface area contributed by atoms with Gasteiger partial charge in [-0.05, 0) is 12.1 Å². The highest BCUT2D eigenvalue weighted by molar-refractivity contribution is 5.99. The van der Waals surface area contributed by atoms with E-state index >= 15 is 0 Å². The Hall–Kier alpha value is -2.28. The third-order valence-electron chi connectivity index (χ3n) is 3.15. The Bertz CT molecular complexity index is 531. The molecule has 1 aromatic rings. The van der Waals surface area contributed by atoms with Crippen molar-refractivity contribution in [2.24, 2.45) is 5.73 Å². The quantitative estimate of drug-likeness (QED) is 0.793. The molecule has 2 amide bonds. The van der Waals surface area contributed by atoms with Crippen LogP contribution in [0.3, 0.4) is 0 Å². The van der Waals surface area contributed by atoms with Crippen LogP contribution in [0, 0.1) is 0 Å². The fourth-order valence-electron chi connectivity index (χ4n) is 2.06. The molecule has 1 aliphatic heterocycles. The summed E-state index contributed by atoms with van der Waals surface area (Å²) in [6.07, 6.45) is 0. The molecule has 1 aliphatic rings. The molecule has 1 fully saturated rings. The maximum atomic E-state index is 12.4. The lowest BCUT2D eigenvalue weighted by molar-refractivity contribution is -0.127. The average molecular weight is 280 g/mol. The van der Waals surface area contributed by atoms with Gasteiger partial charge in [-0.2, -0.15) is 0 Å². The van der Waals surface area contributed by atoms with Crippen LogP contribution in [0.25, 0.3) is 0 Å². The van der Waals surface area contributed by atoms with Crippen LogP contribution in [0.5, 0.6) is 11.5 Å². The highest BCUT2D eigenvalue weighted by atomic mass is 16.5. The van der Waals surface area contributed by atoms with E-state index in [0.29, 0.717) is 12.4 Å². The predicted octanol–water partition coefficient (Wildman–Crippen LogP) is -0.273. The van der Waals surface area contributed by atoms with Gasteiger partial charge < -0.3 is 25.2 Å². The van der Waals surface area contributed by atoms with Crippen LogP contribution >= 0.6 is 0 Å². The van der Waals surface area contributed by atoms with E-state index in [1.54, 1.807) is 6.07 Å². The predicted molar refractivity (Wildman–Crippen MR) is 69.5 cm³/mol. The molecule has 1 heterocycles. The van der Waals surface area contributed by atoms with Crippen LogP contribution in [-0.2, 0) is 9.53 Å². The van der Waals surface area contributed by atoms with E-state index in [2.05, 4.69) is 0 Å². The van der Waals surface area contributed by atoms with Crippen molar-refractivity contribution in [1.82, 2.24) is 4.90 Å². The lowest BCUT2D eigenvalue weighted by Crippen LogP contribution is -2.54. The number of aromatic hydroxyl groups is 1. The molecule has 7 heteroatoms. The van der Waals surface area contributed by atoms with Gasteiger partial charge >= 0.3 is 0 Å². The summed E-state index contributed by atoms with van der Waals surface area (Å²) in [6.45, 7) is 0.641. The third-order valence-corrected chi connectivity index (χ3v) is 3.15. The van der Waals surface area contributed by atoms with E-state index in [1.165, 1.54) is 24.1 Å². The minimum atomic E-state index is -0.822. The maximum Gasteiger partial charge on any atom is 0.258 e. The lowest BCUT2D eigenvalue weighted by atomic mass is 10.1. The molecular weight excluding hydrogens is 264 g/mol. The van der Waals surface area contributed by atoms with Gasteiger partial charge in [-0.15, -0.1) is 0 Å². The van der Waals surface area contributed by atoms with E-state index in [1.807, 2.05) is 0 Å². The molecule has 1 atom stereocenters. The van der Waals surface area contributed by atoms with E-state index < -0.39 is 17.9 Å². The minimum absolute atomic E-state index is 0.0675. The second kappa shape index (κ2) is 5.79. The number of methoxy groups -OCH3 is 1. The Labute approximate surface area is 115 Å². The molecule has 0 radical (unpaired) electrons.